The molecule has 0 bridgehead atoms. The fraction of sp³-hybridized carbons (Fsp3) is 1.00. The summed E-state index contributed by atoms with van der Waals surface area (Å²) in [6.07, 6.45) is 8.14. The summed E-state index contributed by atoms with van der Waals surface area (Å²) in [6, 6.07) is 0. The number of halogens is 1. The van der Waals surface area contributed by atoms with Gasteiger partial charge in [-0.1, -0.05) is 6.92 Å². The number of alkyl halides is 1. The number of nitrogens with zero attached hydrogens (tertiary/aromatic N) is 1. The summed E-state index contributed by atoms with van der Waals surface area (Å²) in [4.78, 5) is 0. The van der Waals surface area contributed by atoms with Gasteiger partial charge in [0.1, 0.15) is 0 Å². The summed E-state index contributed by atoms with van der Waals surface area (Å²) in [6.45, 7) is 3.70. The molecule has 1 aliphatic carbocycles. The Morgan fingerprint density at radius 2 is 2.00 bits per heavy atom. The third-order valence-corrected chi connectivity index (χ3v) is 6.58. The third-order valence-electron chi connectivity index (χ3n) is 4.74. The lowest BCUT2D eigenvalue weighted by molar-refractivity contribution is 0.192. The molecule has 2 aliphatic rings. The van der Waals surface area contributed by atoms with Crippen molar-refractivity contribution in [3.8, 4) is 0 Å². The van der Waals surface area contributed by atoms with Gasteiger partial charge in [-0.2, -0.15) is 0 Å². The smallest absolute Gasteiger partial charge is 0.211 e. The van der Waals surface area contributed by atoms with E-state index in [1.165, 1.54) is 19.1 Å². The first-order valence-corrected chi connectivity index (χ1v) is 9.74. The standard InChI is InChI=1S/C14H26ClNO2S/c1-11-5-6-14(15)13(8-11)9-12-4-3-7-16(10-12)19(2,17)18/h11-14H,3-10H2,1-2H3. The Bertz CT molecular complexity index is 398. The Morgan fingerprint density at radius 3 is 2.68 bits per heavy atom. The van der Waals surface area contributed by atoms with Crippen molar-refractivity contribution in [2.75, 3.05) is 19.3 Å². The van der Waals surface area contributed by atoms with E-state index >= 15 is 0 Å². The molecule has 19 heavy (non-hydrogen) atoms. The zero-order valence-corrected chi connectivity index (χ0v) is 13.6. The van der Waals surface area contributed by atoms with Crippen molar-refractivity contribution in [1.82, 2.24) is 4.31 Å². The molecule has 0 aromatic heterocycles. The van der Waals surface area contributed by atoms with Crippen molar-refractivity contribution in [2.45, 2.75) is 50.8 Å². The molecule has 1 heterocycles. The molecule has 2 fully saturated rings. The second kappa shape index (κ2) is 6.31. The molecule has 1 saturated carbocycles. The lowest BCUT2D eigenvalue weighted by Crippen LogP contribution is -2.40. The molecule has 0 aromatic carbocycles. The van der Waals surface area contributed by atoms with Gasteiger partial charge in [-0.3, -0.25) is 0 Å². The minimum absolute atomic E-state index is 0.296. The van der Waals surface area contributed by atoms with Gasteiger partial charge >= 0.3 is 0 Å². The van der Waals surface area contributed by atoms with Crippen molar-refractivity contribution in [3.63, 3.8) is 0 Å². The highest BCUT2D eigenvalue weighted by Crippen LogP contribution is 2.38. The van der Waals surface area contributed by atoms with Gasteiger partial charge in [-0.05, 0) is 56.3 Å². The third kappa shape index (κ3) is 4.33. The molecule has 0 aromatic rings. The van der Waals surface area contributed by atoms with Crippen molar-refractivity contribution in [3.05, 3.63) is 0 Å². The van der Waals surface area contributed by atoms with Crippen molar-refractivity contribution in [2.24, 2.45) is 17.8 Å². The van der Waals surface area contributed by atoms with E-state index in [2.05, 4.69) is 6.92 Å². The zero-order valence-electron chi connectivity index (χ0n) is 12.0. The second-order valence-corrected chi connectivity index (χ2v) is 9.10. The molecular weight excluding hydrogens is 282 g/mol. The molecule has 0 spiro atoms. The quantitative estimate of drug-likeness (QED) is 0.751. The Kier molecular flexibility index (Phi) is 5.18. The van der Waals surface area contributed by atoms with E-state index in [1.54, 1.807) is 4.31 Å². The summed E-state index contributed by atoms with van der Waals surface area (Å²) in [5, 5.41) is 0.296. The first-order chi connectivity index (χ1) is 8.86. The Balaban J connectivity index is 1.91. The van der Waals surface area contributed by atoms with Crippen LogP contribution < -0.4 is 0 Å². The van der Waals surface area contributed by atoms with Gasteiger partial charge < -0.3 is 0 Å². The van der Waals surface area contributed by atoms with Crippen LogP contribution in [0.2, 0.25) is 0 Å². The van der Waals surface area contributed by atoms with Crippen LogP contribution in [0.4, 0.5) is 0 Å². The predicted molar refractivity (Wildman–Crippen MR) is 79.9 cm³/mol. The molecule has 5 heteroatoms. The first-order valence-electron chi connectivity index (χ1n) is 7.45. The maximum atomic E-state index is 11.6. The fourth-order valence-corrected chi connectivity index (χ4v) is 4.93. The maximum Gasteiger partial charge on any atom is 0.211 e. The van der Waals surface area contributed by atoms with E-state index in [-0.39, 0.29) is 0 Å². The number of hydrogen-bond acceptors (Lipinski definition) is 2. The molecular formula is C14H26ClNO2S. The van der Waals surface area contributed by atoms with Crippen LogP contribution in [0.15, 0.2) is 0 Å². The Morgan fingerprint density at radius 1 is 1.26 bits per heavy atom. The maximum absolute atomic E-state index is 11.6. The van der Waals surface area contributed by atoms with Crippen molar-refractivity contribution < 1.29 is 8.42 Å². The van der Waals surface area contributed by atoms with Gasteiger partial charge in [0.2, 0.25) is 10.0 Å². The first kappa shape index (κ1) is 15.6. The lowest BCUT2D eigenvalue weighted by Gasteiger charge is -2.37. The summed E-state index contributed by atoms with van der Waals surface area (Å²) in [5.41, 5.74) is 0. The van der Waals surface area contributed by atoms with E-state index in [0.29, 0.717) is 30.3 Å². The van der Waals surface area contributed by atoms with E-state index in [0.717, 1.165) is 31.6 Å². The number of piperidine rings is 1. The summed E-state index contributed by atoms with van der Waals surface area (Å²) in [5.74, 6) is 1.85. The van der Waals surface area contributed by atoms with E-state index < -0.39 is 10.0 Å². The van der Waals surface area contributed by atoms with Crippen LogP contribution in [0.25, 0.3) is 0 Å². The number of hydrogen-bond donors (Lipinski definition) is 0. The van der Waals surface area contributed by atoms with Crippen LogP contribution in [-0.2, 0) is 10.0 Å². The molecule has 112 valence electrons. The summed E-state index contributed by atoms with van der Waals surface area (Å²) in [7, 11) is -3.02. The zero-order chi connectivity index (χ0) is 14.0. The molecule has 0 N–H and O–H groups in total. The van der Waals surface area contributed by atoms with Gasteiger partial charge in [0.15, 0.2) is 0 Å². The summed E-state index contributed by atoms with van der Waals surface area (Å²) < 4.78 is 24.9. The van der Waals surface area contributed by atoms with Crippen LogP contribution in [0.3, 0.4) is 0 Å². The minimum Gasteiger partial charge on any atom is -0.213 e. The largest absolute Gasteiger partial charge is 0.213 e. The van der Waals surface area contributed by atoms with Gasteiger partial charge in [0.25, 0.3) is 0 Å². The molecule has 2 rings (SSSR count). The highest BCUT2D eigenvalue weighted by Gasteiger charge is 2.32. The van der Waals surface area contributed by atoms with E-state index in [4.69, 9.17) is 11.6 Å². The monoisotopic (exact) mass is 307 g/mol. The van der Waals surface area contributed by atoms with Crippen LogP contribution >= 0.6 is 11.6 Å². The number of sulfonamides is 1. The predicted octanol–water partition coefficient (Wildman–Crippen LogP) is 3.09. The summed E-state index contributed by atoms with van der Waals surface area (Å²) >= 11 is 6.46. The van der Waals surface area contributed by atoms with Gasteiger partial charge in [-0.25, -0.2) is 12.7 Å². The molecule has 1 saturated heterocycles. The van der Waals surface area contributed by atoms with E-state index in [1.807, 2.05) is 0 Å². The normalized spacial score (nSPS) is 38.3. The lowest BCUT2D eigenvalue weighted by atomic mass is 9.76. The number of rotatable bonds is 3. The Labute approximate surface area is 122 Å². The molecule has 3 nitrogen and oxygen atoms in total. The average molecular weight is 308 g/mol. The van der Waals surface area contributed by atoms with Crippen LogP contribution in [-0.4, -0.2) is 37.4 Å². The molecule has 0 radical (unpaired) electrons. The molecule has 4 atom stereocenters. The Hall–Kier alpha value is 0.200. The highest BCUT2D eigenvalue weighted by molar-refractivity contribution is 7.88. The van der Waals surface area contributed by atoms with Gasteiger partial charge in [0, 0.05) is 18.5 Å². The topological polar surface area (TPSA) is 37.4 Å². The van der Waals surface area contributed by atoms with Crippen molar-refractivity contribution in [1.29, 1.82) is 0 Å². The van der Waals surface area contributed by atoms with Crippen LogP contribution in [0, 0.1) is 17.8 Å². The SMILES string of the molecule is CC1CCC(Cl)C(CC2CCCN(S(C)(=O)=O)C2)C1. The van der Waals surface area contributed by atoms with Crippen molar-refractivity contribution >= 4 is 21.6 Å². The molecule has 4 unspecified atom stereocenters. The van der Waals surface area contributed by atoms with E-state index in [9.17, 15) is 8.42 Å². The van der Waals surface area contributed by atoms with Crippen LogP contribution in [0.5, 0.6) is 0 Å². The molecule has 1 aliphatic heterocycles. The average Bonchev–Trinajstić information content (AvgIpc) is 2.33. The highest BCUT2D eigenvalue weighted by atomic mass is 35.5. The van der Waals surface area contributed by atoms with Crippen LogP contribution in [0.1, 0.15) is 45.4 Å². The van der Waals surface area contributed by atoms with Gasteiger partial charge in [0.05, 0.1) is 6.26 Å². The minimum atomic E-state index is -3.02. The fourth-order valence-electron chi connectivity index (χ4n) is 3.65. The second-order valence-electron chi connectivity index (χ2n) is 6.56. The van der Waals surface area contributed by atoms with Gasteiger partial charge in [-0.15, -0.1) is 11.6 Å². The molecule has 0 amide bonds.